The summed E-state index contributed by atoms with van der Waals surface area (Å²) in [4.78, 5) is 26.5. The Bertz CT molecular complexity index is 546. The first-order valence-electron chi connectivity index (χ1n) is 7.60. The Hall–Kier alpha value is -1.85. The zero-order valence-corrected chi connectivity index (χ0v) is 13.3. The molecule has 6 nitrogen and oxygen atoms in total. The SMILES string of the molecule is CCn1nc(C)cc1CN1C(=O)CNC(=O)C1(CC)CC. The number of hydrogen-bond donors (Lipinski definition) is 1. The number of aromatic nitrogens is 2. The normalized spacial score (nSPS) is 18.0. The second kappa shape index (κ2) is 5.87. The lowest BCUT2D eigenvalue weighted by Crippen LogP contribution is -2.66. The van der Waals surface area contributed by atoms with Crippen molar-refractivity contribution in [1.29, 1.82) is 0 Å². The van der Waals surface area contributed by atoms with Gasteiger partial charge in [0, 0.05) is 6.54 Å². The van der Waals surface area contributed by atoms with E-state index in [9.17, 15) is 9.59 Å². The van der Waals surface area contributed by atoms with Crippen LogP contribution in [0, 0.1) is 6.92 Å². The van der Waals surface area contributed by atoms with Gasteiger partial charge in [-0.1, -0.05) is 13.8 Å². The van der Waals surface area contributed by atoms with Crippen LogP contribution in [-0.2, 0) is 22.7 Å². The molecule has 0 unspecified atom stereocenters. The van der Waals surface area contributed by atoms with E-state index in [0.29, 0.717) is 19.4 Å². The van der Waals surface area contributed by atoms with Gasteiger partial charge in [-0.3, -0.25) is 14.3 Å². The molecular formula is C15H24N4O2. The predicted molar refractivity (Wildman–Crippen MR) is 79.5 cm³/mol. The Kier molecular flexibility index (Phi) is 4.34. The number of rotatable bonds is 5. The van der Waals surface area contributed by atoms with Gasteiger partial charge in [0.15, 0.2) is 0 Å². The molecule has 6 heteroatoms. The molecule has 0 radical (unpaired) electrons. The van der Waals surface area contributed by atoms with Crippen molar-refractivity contribution in [3.8, 4) is 0 Å². The number of carbonyl (C=O) groups excluding carboxylic acids is 2. The summed E-state index contributed by atoms with van der Waals surface area (Å²) >= 11 is 0. The highest BCUT2D eigenvalue weighted by Crippen LogP contribution is 2.29. The minimum absolute atomic E-state index is 0.0280. The Morgan fingerprint density at radius 2 is 1.95 bits per heavy atom. The van der Waals surface area contributed by atoms with Crippen molar-refractivity contribution in [2.75, 3.05) is 6.54 Å². The second-order valence-electron chi connectivity index (χ2n) is 5.49. The topological polar surface area (TPSA) is 67.2 Å². The number of piperazine rings is 1. The fourth-order valence-corrected chi connectivity index (χ4v) is 3.13. The number of nitrogens with one attached hydrogen (secondary N) is 1. The molecule has 21 heavy (non-hydrogen) atoms. The van der Waals surface area contributed by atoms with Crippen LogP contribution >= 0.6 is 0 Å². The molecular weight excluding hydrogens is 268 g/mol. The summed E-state index contributed by atoms with van der Waals surface area (Å²) in [5.41, 5.74) is 1.16. The molecule has 2 amide bonds. The molecule has 1 saturated heterocycles. The number of nitrogens with zero attached hydrogens (tertiary/aromatic N) is 3. The van der Waals surface area contributed by atoms with Gasteiger partial charge in [0.25, 0.3) is 0 Å². The molecule has 1 aromatic rings. The number of hydrogen-bond acceptors (Lipinski definition) is 3. The summed E-state index contributed by atoms with van der Waals surface area (Å²) in [6.07, 6.45) is 1.22. The highest BCUT2D eigenvalue weighted by atomic mass is 16.2. The average Bonchev–Trinajstić information content (AvgIpc) is 2.84. The Balaban J connectivity index is 2.37. The first-order chi connectivity index (χ1) is 9.98. The fraction of sp³-hybridized carbons (Fsp3) is 0.667. The summed E-state index contributed by atoms with van der Waals surface area (Å²) in [5, 5.41) is 7.14. The van der Waals surface area contributed by atoms with Crippen LogP contribution in [0.15, 0.2) is 6.07 Å². The van der Waals surface area contributed by atoms with Crippen molar-refractivity contribution >= 4 is 11.8 Å². The quantitative estimate of drug-likeness (QED) is 0.887. The molecule has 116 valence electrons. The second-order valence-corrected chi connectivity index (χ2v) is 5.49. The van der Waals surface area contributed by atoms with E-state index >= 15 is 0 Å². The van der Waals surface area contributed by atoms with E-state index in [1.165, 1.54) is 0 Å². The van der Waals surface area contributed by atoms with E-state index in [2.05, 4.69) is 10.4 Å². The summed E-state index contributed by atoms with van der Waals surface area (Å²) in [6.45, 7) is 9.14. The van der Waals surface area contributed by atoms with Crippen LogP contribution in [0.1, 0.15) is 45.0 Å². The minimum atomic E-state index is -0.744. The van der Waals surface area contributed by atoms with Crippen molar-refractivity contribution in [1.82, 2.24) is 20.0 Å². The van der Waals surface area contributed by atoms with Crippen LogP contribution in [0.25, 0.3) is 0 Å². The summed E-state index contributed by atoms with van der Waals surface area (Å²) in [5.74, 6) is -0.0776. The molecule has 0 spiro atoms. The maximum atomic E-state index is 12.4. The van der Waals surface area contributed by atoms with Gasteiger partial charge in [-0.15, -0.1) is 0 Å². The van der Waals surface area contributed by atoms with Crippen molar-refractivity contribution in [2.24, 2.45) is 0 Å². The van der Waals surface area contributed by atoms with E-state index in [0.717, 1.165) is 17.9 Å². The summed E-state index contributed by atoms with van der Waals surface area (Å²) in [6, 6.07) is 1.99. The number of aryl methyl sites for hydroxylation is 2. The molecule has 2 heterocycles. The van der Waals surface area contributed by atoms with Gasteiger partial charge in [0.05, 0.1) is 24.5 Å². The fourth-order valence-electron chi connectivity index (χ4n) is 3.13. The van der Waals surface area contributed by atoms with Crippen LogP contribution < -0.4 is 5.32 Å². The van der Waals surface area contributed by atoms with E-state index in [-0.39, 0.29) is 18.4 Å². The van der Waals surface area contributed by atoms with Gasteiger partial charge < -0.3 is 10.2 Å². The highest BCUT2D eigenvalue weighted by molar-refractivity contribution is 5.97. The zero-order valence-electron chi connectivity index (χ0n) is 13.3. The van der Waals surface area contributed by atoms with E-state index < -0.39 is 5.54 Å². The van der Waals surface area contributed by atoms with Crippen LogP contribution in [0.2, 0.25) is 0 Å². The van der Waals surface area contributed by atoms with Crippen LogP contribution in [0.4, 0.5) is 0 Å². The minimum Gasteiger partial charge on any atom is -0.345 e. The molecule has 0 saturated carbocycles. The lowest BCUT2D eigenvalue weighted by Gasteiger charge is -2.45. The smallest absolute Gasteiger partial charge is 0.246 e. The van der Waals surface area contributed by atoms with Crippen LogP contribution in [-0.4, -0.2) is 38.6 Å². The Labute approximate surface area is 125 Å². The largest absolute Gasteiger partial charge is 0.345 e. The molecule has 0 bridgehead atoms. The molecule has 1 aliphatic heterocycles. The van der Waals surface area contributed by atoms with Crippen LogP contribution in [0.3, 0.4) is 0 Å². The van der Waals surface area contributed by atoms with Gasteiger partial charge in [-0.25, -0.2) is 0 Å². The van der Waals surface area contributed by atoms with E-state index in [1.807, 2.05) is 38.4 Å². The van der Waals surface area contributed by atoms with Crippen molar-refractivity contribution in [3.63, 3.8) is 0 Å². The Morgan fingerprint density at radius 1 is 1.29 bits per heavy atom. The molecule has 1 aliphatic rings. The standard InChI is InChI=1S/C15H24N4O2/c1-5-15(6-2)14(21)16-9-13(20)18(15)10-12-8-11(4)17-19(12)7-3/h8H,5-7,9-10H2,1-4H3,(H,16,21). The molecule has 2 rings (SSSR count). The third kappa shape index (κ3) is 2.54. The molecule has 0 aromatic carbocycles. The first-order valence-corrected chi connectivity index (χ1v) is 7.60. The first kappa shape index (κ1) is 15.5. The summed E-state index contributed by atoms with van der Waals surface area (Å²) in [7, 11) is 0. The van der Waals surface area contributed by atoms with Crippen molar-refractivity contribution in [3.05, 3.63) is 17.5 Å². The van der Waals surface area contributed by atoms with Gasteiger partial charge in [-0.05, 0) is 32.8 Å². The third-order valence-electron chi connectivity index (χ3n) is 4.42. The molecule has 1 fully saturated rings. The monoisotopic (exact) mass is 292 g/mol. The van der Waals surface area contributed by atoms with Gasteiger partial charge >= 0.3 is 0 Å². The maximum absolute atomic E-state index is 12.4. The zero-order chi connectivity index (χ0) is 15.6. The van der Waals surface area contributed by atoms with Crippen LogP contribution in [0.5, 0.6) is 0 Å². The molecule has 1 aromatic heterocycles. The lowest BCUT2D eigenvalue weighted by atomic mass is 9.87. The van der Waals surface area contributed by atoms with E-state index in [4.69, 9.17) is 0 Å². The van der Waals surface area contributed by atoms with Gasteiger partial charge in [-0.2, -0.15) is 5.10 Å². The summed E-state index contributed by atoms with van der Waals surface area (Å²) < 4.78 is 1.89. The third-order valence-corrected chi connectivity index (χ3v) is 4.42. The maximum Gasteiger partial charge on any atom is 0.246 e. The molecule has 1 N–H and O–H groups in total. The predicted octanol–water partition coefficient (Wildman–Crippen LogP) is 1.23. The lowest BCUT2D eigenvalue weighted by molar-refractivity contribution is -0.155. The van der Waals surface area contributed by atoms with Gasteiger partial charge in [0.1, 0.15) is 5.54 Å². The van der Waals surface area contributed by atoms with Gasteiger partial charge in [0.2, 0.25) is 11.8 Å². The molecule has 0 aliphatic carbocycles. The molecule has 0 atom stereocenters. The Morgan fingerprint density at radius 3 is 2.52 bits per heavy atom. The van der Waals surface area contributed by atoms with Crippen molar-refractivity contribution in [2.45, 2.75) is 59.2 Å². The number of amides is 2. The number of carbonyl (C=O) groups is 2. The average molecular weight is 292 g/mol. The van der Waals surface area contributed by atoms with Crippen molar-refractivity contribution < 1.29 is 9.59 Å². The highest BCUT2D eigenvalue weighted by Gasteiger charge is 2.46. The van der Waals surface area contributed by atoms with E-state index in [1.54, 1.807) is 4.90 Å².